The zero-order chi connectivity index (χ0) is 18.6. The Morgan fingerprint density at radius 1 is 1.00 bits per heavy atom. The van der Waals surface area contributed by atoms with Gasteiger partial charge >= 0.3 is 0 Å². The minimum atomic E-state index is 0.123. The van der Waals surface area contributed by atoms with E-state index in [0.717, 1.165) is 19.3 Å². The summed E-state index contributed by atoms with van der Waals surface area (Å²) >= 11 is 13.8. The van der Waals surface area contributed by atoms with Crippen molar-refractivity contribution < 1.29 is 4.74 Å². The third-order valence-electron chi connectivity index (χ3n) is 3.40. The Labute approximate surface area is 167 Å². The van der Waals surface area contributed by atoms with Crippen LogP contribution in [0.5, 0.6) is 5.75 Å². The molecule has 3 rings (SSSR count). The molecule has 0 aliphatic heterocycles. The summed E-state index contributed by atoms with van der Waals surface area (Å²) in [4.78, 5) is 1.37. The number of ether oxygens (including phenoxy) is 1. The smallest absolute Gasteiger partial charge is 0.156 e. The molecular formula is C18H20Cl2N4OS. The zero-order valence-corrected chi connectivity index (χ0v) is 16.4. The van der Waals surface area contributed by atoms with Gasteiger partial charge in [0.1, 0.15) is 0 Å². The van der Waals surface area contributed by atoms with Crippen molar-refractivity contribution >= 4 is 34.5 Å². The molecule has 3 aromatic rings. The van der Waals surface area contributed by atoms with Crippen LogP contribution in [0.1, 0.15) is 17.7 Å². The molecule has 0 spiro atoms. The quantitative estimate of drug-likeness (QED) is 0.612. The van der Waals surface area contributed by atoms with Crippen LogP contribution in [0.2, 0.25) is 10.0 Å². The van der Waals surface area contributed by atoms with Crippen molar-refractivity contribution in [3.8, 4) is 5.75 Å². The van der Waals surface area contributed by atoms with Crippen LogP contribution in [0.15, 0.2) is 54.2 Å². The average molecular weight is 411 g/mol. The third kappa shape index (κ3) is 7.66. The van der Waals surface area contributed by atoms with Crippen LogP contribution in [-0.4, -0.2) is 28.1 Å². The number of para-hydroxylation sites is 1. The number of nitrogens with zero attached hydrogens (tertiary/aromatic N) is 3. The molecule has 2 N–H and O–H groups in total. The molecule has 26 heavy (non-hydrogen) atoms. The Kier molecular flexibility index (Phi) is 9.34. The van der Waals surface area contributed by atoms with E-state index in [-0.39, 0.29) is 6.04 Å². The lowest BCUT2D eigenvalue weighted by Gasteiger charge is -2.13. The molecule has 138 valence electrons. The Morgan fingerprint density at radius 3 is 2.27 bits per heavy atom. The number of halogens is 2. The third-order valence-corrected chi connectivity index (χ3v) is 4.94. The molecule has 0 fully saturated rings. The largest absolute Gasteiger partial charge is 0.490 e. The summed E-state index contributed by atoms with van der Waals surface area (Å²) in [5.41, 5.74) is 6.09. The Balaban J connectivity index is 0.000000342. The van der Waals surface area contributed by atoms with Crippen LogP contribution in [0.4, 0.5) is 0 Å². The SMILES string of the molecule is NC(CCOc1c(Cl)cccc1Cl)CCc1cccs1.c1cnnnc1. The summed E-state index contributed by atoms with van der Waals surface area (Å²) in [6, 6.07) is 11.4. The lowest BCUT2D eigenvalue weighted by Crippen LogP contribution is -2.23. The van der Waals surface area contributed by atoms with Gasteiger partial charge in [-0.1, -0.05) is 35.3 Å². The summed E-state index contributed by atoms with van der Waals surface area (Å²) in [7, 11) is 0. The van der Waals surface area contributed by atoms with Crippen LogP contribution in [0.25, 0.3) is 0 Å². The number of benzene rings is 1. The van der Waals surface area contributed by atoms with Gasteiger partial charge in [-0.2, -0.15) is 0 Å². The Hall–Kier alpha value is -1.73. The molecule has 0 radical (unpaired) electrons. The molecule has 1 atom stereocenters. The summed E-state index contributed by atoms with van der Waals surface area (Å²) in [5, 5.41) is 13.3. The second-order valence-electron chi connectivity index (χ2n) is 5.38. The van der Waals surface area contributed by atoms with Gasteiger partial charge in [-0.3, -0.25) is 0 Å². The number of hydrogen-bond acceptors (Lipinski definition) is 6. The molecule has 0 saturated carbocycles. The van der Waals surface area contributed by atoms with Crippen molar-refractivity contribution in [2.24, 2.45) is 5.73 Å². The van der Waals surface area contributed by atoms with E-state index in [1.165, 1.54) is 4.88 Å². The highest BCUT2D eigenvalue weighted by Gasteiger charge is 2.08. The van der Waals surface area contributed by atoms with E-state index >= 15 is 0 Å². The van der Waals surface area contributed by atoms with Crippen LogP contribution in [0.3, 0.4) is 0 Å². The number of aromatic nitrogens is 3. The van der Waals surface area contributed by atoms with Gasteiger partial charge in [-0.05, 0) is 54.1 Å². The highest BCUT2D eigenvalue weighted by atomic mass is 35.5. The summed E-state index contributed by atoms with van der Waals surface area (Å²) < 4.78 is 5.63. The predicted octanol–water partition coefficient (Wildman–Crippen LogP) is 4.66. The van der Waals surface area contributed by atoms with E-state index in [1.807, 2.05) is 0 Å². The molecule has 0 bridgehead atoms. The molecule has 2 heterocycles. The van der Waals surface area contributed by atoms with Gasteiger partial charge in [0.25, 0.3) is 0 Å². The van der Waals surface area contributed by atoms with E-state index in [1.54, 1.807) is 48.0 Å². The van der Waals surface area contributed by atoms with Gasteiger partial charge in [0.05, 0.1) is 29.0 Å². The van der Waals surface area contributed by atoms with Crippen molar-refractivity contribution in [2.45, 2.75) is 25.3 Å². The zero-order valence-electron chi connectivity index (χ0n) is 14.1. The molecule has 0 saturated heterocycles. The maximum atomic E-state index is 6.09. The number of thiophene rings is 1. The van der Waals surface area contributed by atoms with Gasteiger partial charge in [0.15, 0.2) is 5.75 Å². The van der Waals surface area contributed by atoms with E-state index < -0.39 is 0 Å². The molecule has 0 aliphatic rings. The lowest BCUT2D eigenvalue weighted by atomic mass is 10.1. The van der Waals surface area contributed by atoms with Crippen molar-refractivity contribution in [3.63, 3.8) is 0 Å². The normalized spacial score (nSPS) is 11.3. The fraction of sp³-hybridized carbons (Fsp3) is 0.278. The molecule has 0 amide bonds. The fourth-order valence-electron chi connectivity index (χ4n) is 2.06. The topological polar surface area (TPSA) is 73.9 Å². The predicted molar refractivity (Wildman–Crippen MR) is 107 cm³/mol. The maximum absolute atomic E-state index is 6.09. The first-order chi connectivity index (χ1) is 12.7. The van der Waals surface area contributed by atoms with Gasteiger partial charge in [-0.25, -0.2) is 0 Å². The van der Waals surface area contributed by atoms with Gasteiger partial charge < -0.3 is 10.5 Å². The minimum Gasteiger partial charge on any atom is -0.490 e. The van der Waals surface area contributed by atoms with E-state index in [9.17, 15) is 0 Å². The van der Waals surface area contributed by atoms with E-state index in [0.29, 0.717) is 22.4 Å². The van der Waals surface area contributed by atoms with Crippen molar-refractivity contribution in [1.82, 2.24) is 15.4 Å². The first-order valence-electron chi connectivity index (χ1n) is 8.10. The summed E-state index contributed by atoms with van der Waals surface area (Å²) in [5.74, 6) is 0.543. The van der Waals surface area contributed by atoms with Gasteiger partial charge in [0, 0.05) is 10.9 Å². The monoisotopic (exact) mass is 410 g/mol. The summed E-state index contributed by atoms with van der Waals surface area (Å²) in [6.07, 6.45) is 5.92. The summed E-state index contributed by atoms with van der Waals surface area (Å²) in [6.45, 7) is 0.523. The molecule has 2 aromatic heterocycles. The fourth-order valence-corrected chi connectivity index (χ4v) is 3.30. The average Bonchev–Trinajstić information content (AvgIpc) is 3.18. The highest BCUT2D eigenvalue weighted by Crippen LogP contribution is 2.32. The number of hydrogen-bond donors (Lipinski definition) is 1. The van der Waals surface area contributed by atoms with Crippen LogP contribution < -0.4 is 10.5 Å². The van der Waals surface area contributed by atoms with E-state index in [2.05, 4.69) is 32.9 Å². The Bertz CT molecular complexity index is 697. The second kappa shape index (κ2) is 11.8. The van der Waals surface area contributed by atoms with Gasteiger partial charge in [0.2, 0.25) is 0 Å². The first kappa shape index (κ1) is 20.6. The minimum absolute atomic E-state index is 0.123. The molecule has 8 heteroatoms. The molecule has 0 aliphatic carbocycles. The van der Waals surface area contributed by atoms with Crippen LogP contribution in [-0.2, 0) is 6.42 Å². The molecule has 1 aromatic carbocycles. The molecular weight excluding hydrogens is 391 g/mol. The van der Waals surface area contributed by atoms with E-state index in [4.69, 9.17) is 33.7 Å². The number of aryl methyl sites for hydroxylation is 1. The number of rotatable bonds is 7. The van der Waals surface area contributed by atoms with Crippen molar-refractivity contribution in [3.05, 3.63) is 69.1 Å². The van der Waals surface area contributed by atoms with Crippen LogP contribution in [0, 0.1) is 0 Å². The standard InChI is InChI=1S/C15H17Cl2NOS.C3H3N3/c16-13-4-1-5-14(17)15(13)19-9-8-11(18)6-7-12-3-2-10-20-12;1-2-4-6-5-3-1/h1-5,10-11H,6-9,18H2;1-3H. The van der Waals surface area contributed by atoms with Crippen molar-refractivity contribution in [2.75, 3.05) is 6.61 Å². The maximum Gasteiger partial charge on any atom is 0.156 e. The second-order valence-corrected chi connectivity index (χ2v) is 7.22. The number of nitrogens with two attached hydrogens (primary N) is 1. The van der Waals surface area contributed by atoms with Crippen LogP contribution >= 0.6 is 34.5 Å². The van der Waals surface area contributed by atoms with Crippen molar-refractivity contribution in [1.29, 1.82) is 0 Å². The van der Waals surface area contributed by atoms with Gasteiger partial charge in [-0.15, -0.1) is 21.5 Å². The molecule has 1 unspecified atom stereocenters. The molecule has 5 nitrogen and oxygen atoms in total. The highest BCUT2D eigenvalue weighted by molar-refractivity contribution is 7.09. The first-order valence-corrected chi connectivity index (χ1v) is 9.73. The Morgan fingerprint density at radius 2 is 1.73 bits per heavy atom. The lowest BCUT2D eigenvalue weighted by molar-refractivity contribution is 0.295.